The largest absolute Gasteiger partial charge is 0.857 e. The summed E-state index contributed by atoms with van der Waals surface area (Å²) in [5.41, 5.74) is 7.59. The number of anilines is 1. The molecule has 1 aliphatic rings. The molecule has 2 N–H and O–H groups in total. The number of hydrogen-bond acceptors (Lipinski definition) is 7. The second-order valence-electron chi connectivity index (χ2n) is 6.27. The predicted octanol–water partition coefficient (Wildman–Crippen LogP) is 2.27. The van der Waals surface area contributed by atoms with E-state index >= 15 is 0 Å². The Balaban J connectivity index is 1.64. The molecule has 25 heavy (non-hydrogen) atoms. The lowest BCUT2D eigenvalue weighted by atomic mass is 10.1. The molecule has 0 bridgehead atoms. The van der Waals surface area contributed by atoms with Crippen LogP contribution in [0.25, 0.3) is 10.2 Å². The van der Waals surface area contributed by atoms with E-state index in [-0.39, 0.29) is 5.88 Å². The van der Waals surface area contributed by atoms with Crippen LogP contribution in [0.4, 0.5) is 11.6 Å². The number of nitrogen functional groups attached to an aromatic ring is 1. The van der Waals surface area contributed by atoms with E-state index in [1.165, 1.54) is 11.3 Å². The summed E-state index contributed by atoms with van der Waals surface area (Å²) in [6, 6.07) is 4.29. The van der Waals surface area contributed by atoms with Gasteiger partial charge in [0, 0.05) is 29.8 Å². The summed E-state index contributed by atoms with van der Waals surface area (Å²) < 4.78 is 6.82. The molecule has 1 aliphatic carbocycles. The molecule has 0 aromatic carbocycles. The predicted molar refractivity (Wildman–Crippen MR) is 93.8 cm³/mol. The number of pyridine rings is 1. The molecule has 3 aromatic heterocycles. The highest BCUT2D eigenvalue weighted by Crippen LogP contribution is 2.33. The number of rotatable bonds is 6. The standard InChI is InChI=1S/C17H19N5O2S/c1-2-3-4-10-5-8-12-14(18)15(25-17(12)19-10)16(23)20-13-9-22(21-24-13)11-6-7-11/h5,8-9,11H,2-4,6-7H2,1H3,(H2-,18,20,21,23). The Kier molecular flexibility index (Phi) is 4.12. The molecule has 0 radical (unpaired) electrons. The van der Waals surface area contributed by atoms with Gasteiger partial charge in [0.05, 0.1) is 10.6 Å². The zero-order valence-corrected chi connectivity index (χ0v) is 14.8. The van der Waals surface area contributed by atoms with Gasteiger partial charge in [-0.05, 0) is 29.7 Å². The smallest absolute Gasteiger partial charge is 0.320 e. The van der Waals surface area contributed by atoms with Crippen LogP contribution in [0.3, 0.4) is 0 Å². The highest BCUT2D eigenvalue weighted by molar-refractivity contribution is 7.21. The van der Waals surface area contributed by atoms with Crippen molar-refractivity contribution in [1.29, 1.82) is 0 Å². The summed E-state index contributed by atoms with van der Waals surface area (Å²) in [6.45, 7) is 2.15. The third kappa shape index (κ3) is 3.21. The molecule has 0 amide bonds. The van der Waals surface area contributed by atoms with E-state index in [1.807, 2.05) is 12.1 Å². The highest BCUT2D eigenvalue weighted by Gasteiger charge is 2.35. The first-order valence-corrected chi connectivity index (χ1v) is 9.29. The molecule has 0 unspecified atom stereocenters. The van der Waals surface area contributed by atoms with Gasteiger partial charge in [0.1, 0.15) is 4.83 Å². The minimum atomic E-state index is -0.422. The van der Waals surface area contributed by atoms with Crippen molar-refractivity contribution in [3.8, 4) is 0 Å². The molecule has 8 heteroatoms. The average molecular weight is 357 g/mol. The Hall–Kier alpha value is -2.48. The lowest BCUT2D eigenvalue weighted by molar-refractivity contribution is -0.765. The van der Waals surface area contributed by atoms with Crippen molar-refractivity contribution < 1.29 is 14.3 Å². The van der Waals surface area contributed by atoms with Crippen molar-refractivity contribution in [2.24, 2.45) is 4.99 Å². The van der Waals surface area contributed by atoms with Crippen LogP contribution in [-0.2, 0) is 6.42 Å². The van der Waals surface area contributed by atoms with Crippen molar-refractivity contribution >= 4 is 39.0 Å². The number of aliphatic imine (C=N–C) groups is 1. The maximum atomic E-state index is 12.5. The average Bonchev–Trinajstić information content (AvgIpc) is 3.28. The topological polar surface area (TPSA) is 104 Å². The molecule has 130 valence electrons. The van der Waals surface area contributed by atoms with Crippen LogP contribution in [0.2, 0.25) is 0 Å². The maximum Gasteiger partial charge on any atom is 0.320 e. The maximum absolute atomic E-state index is 12.5. The summed E-state index contributed by atoms with van der Waals surface area (Å²) in [5.74, 6) is -0.222. The van der Waals surface area contributed by atoms with Crippen LogP contribution in [0, 0.1) is 0 Å². The van der Waals surface area contributed by atoms with Gasteiger partial charge >= 0.3 is 5.88 Å². The van der Waals surface area contributed by atoms with E-state index < -0.39 is 5.90 Å². The van der Waals surface area contributed by atoms with E-state index in [4.69, 9.17) is 10.3 Å². The fourth-order valence-corrected chi connectivity index (χ4v) is 3.65. The molecule has 0 spiro atoms. The Morgan fingerprint density at radius 2 is 2.32 bits per heavy atom. The van der Waals surface area contributed by atoms with Crippen LogP contribution in [0.5, 0.6) is 0 Å². The Labute approximate surface area is 148 Å². The third-order valence-electron chi connectivity index (χ3n) is 4.24. The second kappa shape index (κ2) is 6.44. The van der Waals surface area contributed by atoms with Gasteiger partial charge in [-0.1, -0.05) is 13.3 Å². The van der Waals surface area contributed by atoms with Crippen molar-refractivity contribution in [3.05, 3.63) is 28.9 Å². The number of aryl methyl sites for hydroxylation is 1. The number of aromatic nitrogens is 3. The number of fused-ring (bicyclic) bond motifs is 1. The van der Waals surface area contributed by atoms with E-state index in [0.717, 1.165) is 48.0 Å². The highest BCUT2D eigenvalue weighted by atomic mass is 32.1. The molecular formula is C17H19N5O2S. The summed E-state index contributed by atoms with van der Waals surface area (Å²) in [5, 5.41) is 17.2. The van der Waals surface area contributed by atoms with E-state index in [2.05, 4.69) is 22.2 Å². The van der Waals surface area contributed by atoms with Crippen LogP contribution < -0.4 is 15.5 Å². The zero-order chi connectivity index (χ0) is 17.4. The molecule has 3 aromatic rings. The number of nitrogens with zero attached hydrogens (tertiary/aromatic N) is 4. The summed E-state index contributed by atoms with van der Waals surface area (Å²) >= 11 is 1.28. The monoisotopic (exact) mass is 357 g/mol. The van der Waals surface area contributed by atoms with Gasteiger partial charge < -0.3 is 10.8 Å². The van der Waals surface area contributed by atoms with Crippen molar-refractivity contribution in [3.63, 3.8) is 0 Å². The molecule has 0 atom stereocenters. The first-order chi connectivity index (χ1) is 12.2. The van der Waals surface area contributed by atoms with Gasteiger partial charge in [0.25, 0.3) is 6.20 Å². The number of unbranched alkanes of at least 4 members (excludes halogenated alkanes) is 1. The van der Waals surface area contributed by atoms with Crippen LogP contribution in [0.1, 0.15) is 49.2 Å². The minimum absolute atomic E-state index is 0.199. The van der Waals surface area contributed by atoms with Gasteiger partial charge in [0.2, 0.25) is 5.27 Å². The fourth-order valence-electron chi connectivity index (χ4n) is 2.65. The molecule has 3 heterocycles. The SMILES string of the molecule is CCCCc1ccc2c(N)c(/C([O-])=N/c3c[n+](C4CC4)no3)sc2n1. The van der Waals surface area contributed by atoms with Gasteiger partial charge in [-0.3, -0.25) is 4.52 Å². The van der Waals surface area contributed by atoms with Gasteiger partial charge in [-0.2, -0.15) is 0 Å². The van der Waals surface area contributed by atoms with Crippen LogP contribution in [-0.4, -0.2) is 16.2 Å². The Morgan fingerprint density at radius 3 is 3.08 bits per heavy atom. The molecule has 0 aliphatic heterocycles. The van der Waals surface area contributed by atoms with E-state index in [1.54, 1.807) is 10.9 Å². The summed E-state index contributed by atoms with van der Waals surface area (Å²) in [4.78, 5) is 9.79. The quantitative estimate of drug-likeness (QED) is 0.414. The number of hydrogen-bond donors (Lipinski definition) is 1. The lowest BCUT2D eigenvalue weighted by Gasteiger charge is -2.06. The van der Waals surface area contributed by atoms with E-state index in [0.29, 0.717) is 16.6 Å². The molecule has 1 saturated carbocycles. The first-order valence-electron chi connectivity index (χ1n) is 8.48. The molecule has 7 nitrogen and oxygen atoms in total. The zero-order valence-electron chi connectivity index (χ0n) is 13.9. The van der Waals surface area contributed by atoms with Crippen LogP contribution in [0.15, 0.2) is 27.8 Å². The molecule has 1 fully saturated rings. The molecule has 4 rings (SSSR count). The Morgan fingerprint density at radius 1 is 1.48 bits per heavy atom. The van der Waals surface area contributed by atoms with Crippen molar-refractivity contribution in [2.75, 3.05) is 5.73 Å². The molecular weight excluding hydrogens is 338 g/mol. The normalized spacial score (nSPS) is 15.2. The lowest BCUT2D eigenvalue weighted by Crippen LogP contribution is -2.32. The van der Waals surface area contributed by atoms with Crippen molar-refractivity contribution in [1.82, 2.24) is 10.3 Å². The summed E-state index contributed by atoms with van der Waals surface area (Å²) in [6.07, 6.45) is 6.96. The number of nitrogens with two attached hydrogens (primary N) is 1. The van der Waals surface area contributed by atoms with Gasteiger partial charge in [0.15, 0.2) is 6.04 Å². The third-order valence-corrected chi connectivity index (χ3v) is 5.34. The molecule has 0 saturated heterocycles. The fraction of sp³-hybridized carbons (Fsp3) is 0.412. The number of thiophene rings is 1. The van der Waals surface area contributed by atoms with Crippen molar-refractivity contribution in [2.45, 2.75) is 45.1 Å². The minimum Gasteiger partial charge on any atom is -0.857 e. The Bertz CT molecular complexity index is 942. The first kappa shape index (κ1) is 16.0. The van der Waals surface area contributed by atoms with E-state index in [9.17, 15) is 5.11 Å². The second-order valence-corrected chi connectivity index (χ2v) is 7.27. The van der Waals surface area contributed by atoms with Gasteiger partial charge in [-0.15, -0.1) is 11.3 Å². The van der Waals surface area contributed by atoms with Gasteiger partial charge in [-0.25, -0.2) is 9.98 Å². The van der Waals surface area contributed by atoms with Crippen LogP contribution >= 0.6 is 11.3 Å². The summed E-state index contributed by atoms with van der Waals surface area (Å²) in [7, 11) is 0.